The molecule has 3 nitrogen and oxygen atoms in total. The van der Waals surface area contributed by atoms with Crippen molar-refractivity contribution in [1.29, 1.82) is 0 Å². The summed E-state index contributed by atoms with van der Waals surface area (Å²) in [5, 5.41) is 0. The maximum atomic E-state index is 12.5. The lowest BCUT2D eigenvalue weighted by molar-refractivity contribution is 0.389. The van der Waals surface area contributed by atoms with Gasteiger partial charge in [0.05, 0.1) is 0 Å². The molecule has 0 heterocycles. The number of benzene rings is 2. The molecule has 0 aliphatic rings. The lowest BCUT2D eigenvalue weighted by atomic mass is 10.3. The van der Waals surface area contributed by atoms with Crippen LogP contribution in [0.25, 0.3) is 0 Å². The Bertz CT molecular complexity index is 515. The molecule has 2 aromatic rings. The molecule has 0 saturated heterocycles. The summed E-state index contributed by atoms with van der Waals surface area (Å²) in [5.74, 6) is 0.765. The molecule has 0 spiro atoms. The van der Waals surface area contributed by atoms with Gasteiger partial charge < -0.3 is 9.05 Å². The number of hydrogen-bond donors (Lipinski definition) is 0. The van der Waals surface area contributed by atoms with Crippen LogP contribution in [0.5, 0.6) is 11.5 Å². The Morgan fingerprint density at radius 1 is 0.789 bits per heavy atom. The van der Waals surface area contributed by atoms with Gasteiger partial charge in [-0.25, -0.2) is 4.57 Å². The first-order valence-electron chi connectivity index (χ1n) is 5.47. The smallest absolute Gasteiger partial charge is 0.414 e. The molecular formula is C13H11Cl2O3P. The van der Waals surface area contributed by atoms with Gasteiger partial charge in [-0.2, -0.15) is 0 Å². The van der Waals surface area contributed by atoms with E-state index in [2.05, 4.69) is 0 Å². The average molecular weight is 317 g/mol. The summed E-state index contributed by atoms with van der Waals surface area (Å²) in [6, 6.07) is 17.2. The number of hydrogen-bond acceptors (Lipinski definition) is 3. The number of rotatable bonds is 5. The Balaban J connectivity index is 2.21. The van der Waals surface area contributed by atoms with E-state index in [1.165, 1.54) is 0 Å². The first-order valence-corrected chi connectivity index (χ1v) is 7.96. The minimum atomic E-state index is -3.70. The Kier molecular flexibility index (Phi) is 4.76. The highest BCUT2D eigenvalue weighted by Gasteiger charge is 2.36. The van der Waals surface area contributed by atoms with Crippen molar-refractivity contribution in [3.63, 3.8) is 0 Å². The second kappa shape index (κ2) is 6.33. The molecule has 0 atom stereocenters. The maximum absolute atomic E-state index is 12.5. The summed E-state index contributed by atoms with van der Waals surface area (Å²) < 4.78 is 21.9. The molecule has 0 N–H and O–H groups in total. The van der Waals surface area contributed by atoms with Crippen LogP contribution in [0.15, 0.2) is 60.7 Å². The van der Waals surface area contributed by atoms with Gasteiger partial charge >= 0.3 is 7.60 Å². The van der Waals surface area contributed by atoms with Crippen LogP contribution in [0.2, 0.25) is 0 Å². The van der Waals surface area contributed by atoms with E-state index in [1.807, 2.05) is 12.1 Å². The SMILES string of the molecule is O=P(Oc1ccccc1)(Oc1ccccc1)C(Cl)Cl. The molecule has 0 saturated carbocycles. The van der Waals surface area contributed by atoms with Crippen molar-refractivity contribution in [3.8, 4) is 11.5 Å². The van der Waals surface area contributed by atoms with E-state index >= 15 is 0 Å². The molecule has 0 unspecified atom stereocenters. The van der Waals surface area contributed by atoms with Crippen molar-refractivity contribution in [1.82, 2.24) is 0 Å². The molecule has 0 aliphatic heterocycles. The van der Waals surface area contributed by atoms with Gasteiger partial charge in [-0.05, 0) is 24.3 Å². The van der Waals surface area contributed by atoms with Gasteiger partial charge in [-0.1, -0.05) is 59.6 Å². The fourth-order valence-electron chi connectivity index (χ4n) is 1.35. The molecule has 100 valence electrons. The van der Waals surface area contributed by atoms with E-state index in [-0.39, 0.29) is 0 Å². The van der Waals surface area contributed by atoms with E-state index in [0.717, 1.165) is 0 Å². The van der Waals surface area contributed by atoms with Crippen LogP contribution in [0.1, 0.15) is 0 Å². The van der Waals surface area contributed by atoms with Crippen molar-refractivity contribution >= 4 is 30.8 Å². The zero-order valence-corrected chi connectivity index (χ0v) is 12.2. The summed E-state index contributed by atoms with van der Waals surface area (Å²) in [4.78, 5) is 0. The minimum absolute atomic E-state index is 0.382. The van der Waals surface area contributed by atoms with Gasteiger partial charge in [0.25, 0.3) is 0 Å². The molecular weight excluding hydrogens is 306 g/mol. The van der Waals surface area contributed by atoms with Crippen LogP contribution in [0, 0.1) is 0 Å². The first-order chi connectivity index (χ1) is 9.10. The van der Waals surface area contributed by atoms with E-state index < -0.39 is 12.2 Å². The minimum Gasteiger partial charge on any atom is -0.414 e. The first kappa shape index (κ1) is 14.3. The Labute approximate surface area is 121 Å². The molecule has 0 amide bonds. The van der Waals surface area contributed by atoms with E-state index in [0.29, 0.717) is 11.5 Å². The molecule has 6 heteroatoms. The van der Waals surface area contributed by atoms with Crippen LogP contribution in [0.4, 0.5) is 0 Å². The highest BCUT2D eigenvalue weighted by atomic mass is 35.5. The van der Waals surface area contributed by atoms with Crippen molar-refractivity contribution < 1.29 is 13.6 Å². The molecule has 19 heavy (non-hydrogen) atoms. The Morgan fingerprint density at radius 2 is 1.16 bits per heavy atom. The third kappa shape index (κ3) is 3.90. The standard InChI is InChI=1S/C13H11Cl2O3P/c14-13(15)19(16,17-11-7-3-1-4-8-11)18-12-9-5-2-6-10-12/h1-10,13H. The molecule has 0 aliphatic carbocycles. The van der Waals surface area contributed by atoms with Crippen LogP contribution in [0.3, 0.4) is 0 Å². The monoisotopic (exact) mass is 316 g/mol. The molecule has 0 radical (unpaired) electrons. The number of para-hydroxylation sites is 2. The highest BCUT2D eigenvalue weighted by Crippen LogP contribution is 2.55. The van der Waals surface area contributed by atoms with Crippen molar-refractivity contribution in [2.45, 2.75) is 4.58 Å². The molecule has 2 rings (SSSR count). The largest absolute Gasteiger partial charge is 0.463 e. The lowest BCUT2D eigenvalue weighted by Crippen LogP contribution is -2.07. The number of halogens is 2. The van der Waals surface area contributed by atoms with Crippen LogP contribution in [-0.4, -0.2) is 4.58 Å². The van der Waals surface area contributed by atoms with Crippen LogP contribution < -0.4 is 9.05 Å². The fraction of sp³-hybridized carbons (Fsp3) is 0.0769. The molecule has 0 fully saturated rings. The summed E-state index contributed by atoms with van der Waals surface area (Å²) in [7, 11) is -3.70. The molecule has 0 bridgehead atoms. The second-order valence-electron chi connectivity index (χ2n) is 3.63. The quantitative estimate of drug-likeness (QED) is 0.568. The van der Waals surface area contributed by atoms with Gasteiger partial charge in [0, 0.05) is 0 Å². The third-order valence-corrected chi connectivity index (χ3v) is 5.03. The zero-order chi connectivity index (χ0) is 13.7. The predicted octanol–water partition coefficient (Wildman–Crippen LogP) is 5.10. The van der Waals surface area contributed by atoms with Crippen molar-refractivity contribution in [2.24, 2.45) is 0 Å². The van der Waals surface area contributed by atoms with Crippen LogP contribution in [-0.2, 0) is 4.57 Å². The van der Waals surface area contributed by atoms with Gasteiger partial charge in [-0.3, -0.25) is 0 Å². The van der Waals surface area contributed by atoms with E-state index in [4.69, 9.17) is 32.2 Å². The normalized spacial score (nSPS) is 11.3. The summed E-state index contributed by atoms with van der Waals surface area (Å²) in [6.45, 7) is 0. The van der Waals surface area contributed by atoms with Gasteiger partial charge in [-0.15, -0.1) is 0 Å². The average Bonchev–Trinajstić information content (AvgIpc) is 2.40. The van der Waals surface area contributed by atoms with E-state index in [9.17, 15) is 4.57 Å². The van der Waals surface area contributed by atoms with Crippen molar-refractivity contribution in [3.05, 3.63) is 60.7 Å². The molecule has 0 aromatic heterocycles. The third-order valence-electron chi connectivity index (χ3n) is 2.19. The zero-order valence-electron chi connectivity index (χ0n) is 9.78. The summed E-state index contributed by atoms with van der Waals surface area (Å²) >= 11 is 11.5. The summed E-state index contributed by atoms with van der Waals surface area (Å²) in [5.41, 5.74) is 0. The Hall–Kier alpha value is -1.15. The van der Waals surface area contributed by atoms with Gasteiger partial charge in [0.1, 0.15) is 11.5 Å². The van der Waals surface area contributed by atoms with Gasteiger partial charge in [0.2, 0.25) is 4.58 Å². The highest BCUT2D eigenvalue weighted by molar-refractivity contribution is 7.59. The van der Waals surface area contributed by atoms with Crippen LogP contribution >= 0.6 is 30.8 Å². The summed E-state index contributed by atoms with van der Waals surface area (Å²) in [6.07, 6.45) is 0. The van der Waals surface area contributed by atoms with Gasteiger partial charge in [0.15, 0.2) is 0 Å². The fourth-order valence-corrected chi connectivity index (χ4v) is 2.86. The second-order valence-corrected chi connectivity index (χ2v) is 7.29. The topological polar surface area (TPSA) is 35.5 Å². The number of alkyl halides is 2. The van der Waals surface area contributed by atoms with Crippen molar-refractivity contribution in [2.75, 3.05) is 0 Å². The van der Waals surface area contributed by atoms with E-state index in [1.54, 1.807) is 48.5 Å². The Morgan fingerprint density at radius 3 is 1.47 bits per heavy atom. The lowest BCUT2D eigenvalue weighted by Gasteiger charge is -2.20. The predicted molar refractivity (Wildman–Crippen MR) is 77.2 cm³/mol. The molecule has 2 aromatic carbocycles. The maximum Gasteiger partial charge on any atom is 0.463 e.